The Balaban J connectivity index is 1.94. The Morgan fingerprint density at radius 3 is 2.56 bits per heavy atom. The Morgan fingerprint density at radius 2 is 1.85 bits per heavy atom. The molecule has 0 unspecified atom stereocenters. The van der Waals surface area contributed by atoms with Crippen molar-refractivity contribution in [1.29, 1.82) is 0 Å². The van der Waals surface area contributed by atoms with Crippen molar-refractivity contribution in [2.45, 2.75) is 26.5 Å². The van der Waals surface area contributed by atoms with Crippen LogP contribution in [0.1, 0.15) is 18.1 Å². The molecule has 0 amide bonds. The fraction of sp³-hybridized carbons (Fsp3) is 0.227. The van der Waals surface area contributed by atoms with Gasteiger partial charge in [0.1, 0.15) is 12.4 Å². The Bertz CT molecular complexity index is 942. The molecule has 2 aromatic carbocycles. The topological polar surface area (TPSA) is 43.3 Å². The van der Waals surface area contributed by atoms with Crippen molar-refractivity contribution >= 4 is 15.4 Å². The van der Waals surface area contributed by atoms with Gasteiger partial charge in [0.25, 0.3) is 5.56 Å². The van der Waals surface area contributed by atoms with Crippen LogP contribution in [0.3, 0.4) is 0 Å². The number of hydrogen-bond donors (Lipinski definition) is 1. The average molecular weight is 377 g/mol. The number of hydrogen-bond acceptors (Lipinski definition) is 3. The summed E-state index contributed by atoms with van der Waals surface area (Å²) in [5, 5.41) is 0. The zero-order chi connectivity index (χ0) is 19.2. The minimum atomic E-state index is 0.0287. The second-order valence-electron chi connectivity index (χ2n) is 6.50. The second-order valence-corrected chi connectivity index (χ2v) is 7.81. The molecule has 4 nitrogen and oxygen atoms in total. The first-order valence-corrected chi connectivity index (χ1v) is 10.3. The molecule has 0 atom stereocenters. The summed E-state index contributed by atoms with van der Waals surface area (Å²) in [4.78, 5) is 15.5. The lowest BCUT2D eigenvalue weighted by Gasteiger charge is -2.14. The van der Waals surface area contributed by atoms with Crippen molar-refractivity contribution in [1.82, 2.24) is 4.57 Å². The van der Waals surface area contributed by atoms with E-state index in [-0.39, 0.29) is 5.56 Å². The highest BCUT2D eigenvalue weighted by molar-refractivity contribution is 6.40. The summed E-state index contributed by atoms with van der Waals surface area (Å²) in [6, 6.07) is 19.3. The molecule has 1 heterocycles. The van der Waals surface area contributed by atoms with Crippen molar-refractivity contribution in [2.24, 2.45) is 7.05 Å². The maximum Gasteiger partial charge on any atom is 0.253 e. The molecule has 0 aliphatic carbocycles. The van der Waals surface area contributed by atoms with Crippen LogP contribution >= 0.6 is 0 Å². The highest BCUT2D eigenvalue weighted by Gasteiger charge is 2.08. The molecule has 0 spiro atoms. The van der Waals surface area contributed by atoms with Crippen LogP contribution in [-0.4, -0.2) is 14.2 Å². The van der Waals surface area contributed by atoms with E-state index in [1.54, 1.807) is 11.6 Å². The summed E-state index contributed by atoms with van der Waals surface area (Å²) in [5.41, 5.74) is 4.95. The van der Waals surface area contributed by atoms with Gasteiger partial charge in [0.15, 0.2) is 9.68 Å². The number of anilines is 1. The molecule has 1 N–H and O–H groups in total. The maximum atomic E-state index is 12.0. The van der Waals surface area contributed by atoms with Crippen LogP contribution in [0.25, 0.3) is 11.1 Å². The normalized spacial score (nSPS) is 10.6. The predicted molar refractivity (Wildman–Crippen MR) is 112 cm³/mol. The molecular weight excluding hydrogens is 352 g/mol. The van der Waals surface area contributed by atoms with Gasteiger partial charge in [-0.3, -0.25) is 4.79 Å². The van der Waals surface area contributed by atoms with Gasteiger partial charge in [-0.25, -0.2) is 0 Å². The lowest BCUT2D eigenvalue weighted by molar-refractivity contribution is 0.306. The van der Waals surface area contributed by atoms with Crippen LogP contribution in [0.4, 0.5) is 5.69 Å². The lowest BCUT2D eigenvalue weighted by Crippen LogP contribution is -2.18. The second kappa shape index (κ2) is 8.73. The molecule has 0 aliphatic heterocycles. The van der Waals surface area contributed by atoms with E-state index >= 15 is 0 Å². The van der Waals surface area contributed by atoms with Crippen LogP contribution < -0.4 is 15.3 Å². The third-order valence-electron chi connectivity index (χ3n) is 4.26. The molecular formula is C22H24N2O2Si. The van der Waals surface area contributed by atoms with Crippen LogP contribution in [0, 0.1) is 6.92 Å². The number of nitrogens with zero attached hydrogens (tertiary/aromatic N) is 1. The monoisotopic (exact) mass is 376 g/mol. The smallest absolute Gasteiger partial charge is 0.253 e. The van der Waals surface area contributed by atoms with E-state index in [1.807, 2.05) is 49.5 Å². The molecule has 0 fully saturated rings. The number of rotatable bonds is 7. The molecule has 0 aliphatic rings. The van der Waals surface area contributed by atoms with Gasteiger partial charge in [0.05, 0.1) is 0 Å². The van der Waals surface area contributed by atoms with Gasteiger partial charge in [0, 0.05) is 30.6 Å². The van der Waals surface area contributed by atoms with Gasteiger partial charge < -0.3 is 14.3 Å². The Labute approximate surface area is 162 Å². The zero-order valence-corrected chi connectivity index (χ0v) is 17.0. The van der Waals surface area contributed by atoms with Crippen LogP contribution in [0.2, 0.25) is 6.04 Å². The fourth-order valence-electron chi connectivity index (χ4n) is 2.89. The summed E-state index contributed by atoms with van der Waals surface area (Å²) in [7, 11) is 2.43. The standard InChI is InChI=1S/C22H24N2O2Si/c1-4-27-23-20-11-18(19-10-16(2)22(25)24(3)14-19)12-21(13-20)26-15-17-8-6-5-7-9-17/h5-14,23H,4,15H2,1-3H3. The van der Waals surface area contributed by atoms with E-state index in [0.29, 0.717) is 16.3 Å². The summed E-state index contributed by atoms with van der Waals surface area (Å²) >= 11 is 0. The number of benzene rings is 2. The van der Waals surface area contributed by atoms with Crippen molar-refractivity contribution in [3.63, 3.8) is 0 Å². The van der Waals surface area contributed by atoms with Crippen molar-refractivity contribution < 1.29 is 4.74 Å². The number of aromatic nitrogens is 1. The van der Waals surface area contributed by atoms with Gasteiger partial charge in [-0.05, 0) is 47.9 Å². The summed E-state index contributed by atoms with van der Waals surface area (Å²) in [5.74, 6) is 0.811. The highest BCUT2D eigenvalue weighted by atomic mass is 28.2. The summed E-state index contributed by atoms with van der Waals surface area (Å²) in [6.45, 7) is 4.52. The van der Waals surface area contributed by atoms with Crippen molar-refractivity contribution in [3.8, 4) is 16.9 Å². The summed E-state index contributed by atoms with van der Waals surface area (Å²) < 4.78 is 7.68. The third-order valence-corrected chi connectivity index (χ3v) is 5.08. The predicted octanol–water partition coefficient (Wildman–Crippen LogP) is 4.41. The minimum Gasteiger partial charge on any atom is -0.489 e. The Hall–Kier alpha value is -2.79. The molecule has 0 saturated carbocycles. The number of pyridine rings is 1. The van der Waals surface area contributed by atoms with Crippen LogP contribution in [0.15, 0.2) is 65.6 Å². The third kappa shape index (κ3) is 4.89. The number of nitrogens with one attached hydrogen (secondary N) is 1. The fourth-order valence-corrected chi connectivity index (χ4v) is 3.41. The van der Waals surface area contributed by atoms with E-state index < -0.39 is 0 Å². The number of aryl methyl sites for hydroxylation is 2. The SMILES string of the molecule is CC[Si]Nc1cc(OCc2ccccc2)cc(-c2cc(C)c(=O)n(C)c2)c1. The van der Waals surface area contributed by atoms with Crippen LogP contribution in [0.5, 0.6) is 5.75 Å². The first-order valence-electron chi connectivity index (χ1n) is 9.05. The van der Waals surface area contributed by atoms with Crippen LogP contribution in [-0.2, 0) is 13.7 Å². The molecule has 1 aromatic heterocycles. The maximum absolute atomic E-state index is 12.0. The van der Waals surface area contributed by atoms with Gasteiger partial charge in [-0.2, -0.15) is 0 Å². The molecule has 0 bridgehead atoms. The Kier molecular flexibility index (Phi) is 6.14. The first-order chi connectivity index (χ1) is 13.1. The lowest BCUT2D eigenvalue weighted by atomic mass is 10.0. The van der Waals surface area contributed by atoms with E-state index in [9.17, 15) is 4.79 Å². The van der Waals surface area contributed by atoms with E-state index in [4.69, 9.17) is 4.74 Å². The molecule has 138 valence electrons. The number of ether oxygens (including phenoxy) is 1. The molecule has 5 heteroatoms. The minimum absolute atomic E-state index is 0.0287. The zero-order valence-electron chi connectivity index (χ0n) is 16.0. The molecule has 27 heavy (non-hydrogen) atoms. The summed E-state index contributed by atoms with van der Waals surface area (Å²) in [6.07, 6.45) is 1.87. The van der Waals surface area contributed by atoms with Gasteiger partial charge in [-0.15, -0.1) is 0 Å². The molecule has 3 rings (SSSR count). The Morgan fingerprint density at radius 1 is 1.07 bits per heavy atom. The average Bonchev–Trinajstić information content (AvgIpc) is 2.69. The van der Waals surface area contributed by atoms with E-state index in [1.165, 1.54) is 0 Å². The van der Waals surface area contributed by atoms with E-state index in [0.717, 1.165) is 39.7 Å². The first kappa shape index (κ1) is 19.0. The highest BCUT2D eigenvalue weighted by Crippen LogP contribution is 2.29. The molecule has 3 aromatic rings. The largest absolute Gasteiger partial charge is 0.489 e. The molecule has 0 saturated heterocycles. The van der Waals surface area contributed by atoms with Crippen molar-refractivity contribution in [2.75, 3.05) is 4.98 Å². The van der Waals surface area contributed by atoms with Gasteiger partial charge in [0.2, 0.25) is 0 Å². The molecule has 2 radical (unpaired) electrons. The van der Waals surface area contributed by atoms with Crippen molar-refractivity contribution in [3.05, 3.63) is 82.3 Å². The van der Waals surface area contributed by atoms with Gasteiger partial charge >= 0.3 is 0 Å². The quantitative estimate of drug-likeness (QED) is 0.621. The van der Waals surface area contributed by atoms with Gasteiger partial charge in [-0.1, -0.05) is 37.3 Å². The van der Waals surface area contributed by atoms with E-state index in [2.05, 4.69) is 30.1 Å².